The van der Waals surface area contributed by atoms with Crippen molar-refractivity contribution in [2.75, 3.05) is 11.4 Å². The lowest BCUT2D eigenvalue weighted by Crippen LogP contribution is -2.49. The second-order valence-electron chi connectivity index (χ2n) is 6.99. The first kappa shape index (κ1) is 19.5. The zero-order chi connectivity index (χ0) is 20.1. The minimum atomic E-state index is -1.11. The number of carbonyl (C=O) groups excluding carboxylic acids is 2. The standard InChI is InChI=1S/C20H22N4O4/c1-2-3-11-20(22-23-20)12-10-17(25)21-15-9-8-14-6-4-5-7-16(14)24(19(15)28)13-18(26)27/h1,4-7,15H,3,8-13H2,(H,21,25)(H,26,27)/t15-/m0/s1. The Balaban J connectivity index is 1.64. The van der Waals surface area contributed by atoms with Crippen LogP contribution in [-0.2, 0) is 20.8 Å². The summed E-state index contributed by atoms with van der Waals surface area (Å²) in [7, 11) is 0. The van der Waals surface area contributed by atoms with Crippen LogP contribution in [-0.4, -0.2) is 41.1 Å². The molecule has 0 fully saturated rings. The monoisotopic (exact) mass is 382 g/mol. The van der Waals surface area contributed by atoms with Crippen LogP contribution in [0, 0.1) is 12.3 Å². The molecule has 8 nitrogen and oxygen atoms in total. The van der Waals surface area contributed by atoms with Crippen molar-refractivity contribution in [1.29, 1.82) is 0 Å². The van der Waals surface area contributed by atoms with E-state index in [1.165, 1.54) is 4.90 Å². The lowest BCUT2D eigenvalue weighted by Gasteiger charge is -2.24. The second kappa shape index (κ2) is 8.21. The van der Waals surface area contributed by atoms with E-state index in [0.717, 1.165) is 5.56 Å². The number of para-hydroxylation sites is 1. The van der Waals surface area contributed by atoms with Crippen LogP contribution < -0.4 is 10.2 Å². The molecule has 1 aromatic rings. The normalized spacial score (nSPS) is 19.3. The number of fused-ring (bicyclic) bond motifs is 1. The SMILES string of the molecule is C#CCCC1(CCC(=O)N[C@H]2CCc3ccccc3N(CC(=O)O)C2=O)N=N1. The maximum atomic E-state index is 12.9. The van der Waals surface area contributed by atoms with Crippen molar-refractivity contribution in [3.63, 3.8) is 0 Å². The number of anilines is 1. The molecule has 2 aliphatic rings. The van der Waals surface area contributed by atoms with Crippen molar-refractivity contribution in [3.8, 4) is 12.3 Å². The van der Waals surface area contributed by atoms with Gasteiger partial charge >= 0.3 is 5.97 Å². The third-order valence-electron chi connectivity index (χ3n) is 4.98. The number of nitrogens with one attached hydrogen (secondary N) is 1. The van der Waals surface area contributed by atoms with Gasteiger partial charge in [0.05, 0.1) is 0 Å². The number of aryl methyl sites for hydroxylation is 1. The van der Waals surface area contributed by atoms with Crippen LogP contribution in [0.5, 0.6) is 0 Å². The third-order valence-corrected chi connectivity index (χ3v) is 4.98. The molecule has 28 heavy (non-hydrogen) atoms. The van der Waals surface area contributed by atoms with Gasteiger partial charge < -0.3 is 10.4 Å². The summed E-state index contributed by atoms with van der Waals surface area (Å²) in [5.74, 6) is 0.738. The highest BCUT2D eigenvalue weighted by Crippen LogP contribution is 2.37. The summed E-state index contributed by atoms with van der Waals surface area (Å²) in [6.45, 7) is -0.449. The van der Waals surface area contributed by atoms with E-state index >= 15 is 0 Å². The summed E-state index contributed by atoms with van der Waals surface area (Å²) in [5.41, 5.74) is 0.913. The molecular weight excluding hydrogens is 360 g/mol. The van der Waals surface area contributed by atoms with Crippen LogP contribution in [0.1, 0.15) is 37.7 Å². The first-order valence-corrected chi connectivity index (χ1v) is 9.22. The van der Waals surface area contributed by atoms with Gasteiger partial charge in [-0.25, -0.2) is 0 Å². The molecule has 2 aliphatic heterocycles. The summed E-state index contributed by atoms with van der Waals surface area (Å²) in [4.78, 5) is 37.8. The maximum Gasteiger partial charge on any atom is 0.323 e. The van der Waals surface area contributed by atoms with E-state index in [-0.39, 0.29) is 12.3 Å². The molecule has 1 aromatic carbocycles. The lowest BCUT2D eigenvalue weighted by molar-refractivity contribution is -0.137. The molecule has 0 saturated carbocycles. The van der Waals surface area contributed by atoms with Crippen LogP contribution in [0.2, 0.25) is 0 Å². The van der Waals surface area contributed by atoms with Crippen LogP contribution >= 0.6 is 0 Å². The molecule has 0 aliphatic carbocycles. The van der Waals surface area contributed by atoms with Gasteiger partial charge in [0.2, 0.25) is 11.8 Å². The van der Waals surface area contributed by atoms with E-state index in [9.17, 15) is 19.5 Å². The molecular formula is C20H22N4O4. The quantitative estimate of drug-likeness (QED) is 0.669. The highest BCUT2D eigenvalue weighted by Gasteiger charge is 2.40. The number of carboxylic acids is 1. The van der Waals surface area contributed by atoms with E-state index in [4.69, 9.17) is 6.42 Å². The van der Waals surface area contributed by atoms with Crippen molar-refractivity contribution in [3.05, 3.63) is 29.8 Å². The van der Waals surface area contributed by atoms with Crippen molar-refractivity contribution >= 4 is 23.5 Å². The Bertz CT molecular complexity index is 852. The Morgan fingerprint density at radius 1 is 1.32 bits per heavy atom. The van der Waals surface area contributed by atoms with Gasteiger partial charge in [0.15, 0.2) is 5.66 Å². The highest BCUT2D eigenvalue weighted by atomic mass is 16.4. The summed E-state index contributed by atoms with van der Waals surface area (Å²) < 4.78 is 0. The molecule has 0 aromatic heterocycles. The molecule has 3 rings (SSSR count). The second-order valence-corrected chi connectivity index (χ2v) is 6.99. The highest BCUT2D eigenvalue weighted by molar-refractivity contribution is 6.03. The number of terminal acetylenes is 1. The summed E-state index contributed by atoms with van der Waals surface area (Å²) in [6.07, 6.45) is 8.01. The fraction of sp³-hybridized carbons (Fsp3) is 0.450. The minimum absolute atomic E-state index is 0.174. The minimum Gasteiger partial charge on any atom is -0.480 e. The predicted molar refractivity (Wildman–Crippen MR) is 102 cm³/mol. The molecule has 0 radical (unpaired) electrons. The first-order chi connectivity index (χ1) is 13.4. The van der Waals surface area contributed by atoms with E-state index in [1.54, 1.807) is 12.1 Å². The topological polar surface area (TPSA) is 111 Å². The van der Waals surface area contributed by atoms with Gasteiger partial charge in [-0.3, -0.25) is 19.3 Å². The van der Waals surface area contributed by atoms with Crippen LogP contribution in [0.25, 0.3) is 0 Å². The molecule has 2 heterocycles. The van der Waals surface area contributed by atoms with Gasteiger partial charge in [-0.1, -0.05) is 18.2 Å². The van der Waals surface area contributed by atoms with Crippen molar-refractivity contribution < 1.29 is 19.5 Å². The zero-order valence-electron chi connectivity index (χ0n) is 15.4. The van der Waals surface area contributed by atoms with E-state index in [1.807, 2.05) is 12.1 Å². The number of rotatable bonds is 8. The number of hydrogen-bond donors (Lipinski definition) is 2. The maximum absolute atomic E-state index is 12.9. The Morgan fingerprint density at radius 3 is 2.75 bits per heavy atom. The number of aliphatic carboxylic acids is 1. The largest absolute Gasteiger partial charge is 0.480 e. The predicted octanol–water partition coefficient (Wildman–Crippen LogP) is 1.89. The average molecular weight is 382 g/mol. The third kappa shape index (κ3) is 4.55. The summed E-state index contributed by atoms with van der Waals surface area (Å²) in [6, 6.07) is 6.44. The summed E-state index contributed by atoms with van der Waals surface area (Å²) in [5, 5.41) is 20.0. The van der Waals surface area contributed by atoms with Crippen LogP contribution in [0.3, 0.4) is 0 Å². The van der Waals surface area contributed by atoms with E-state index in [2.05, 4.69) is 21.5 Å². The number of carboxylic acid groups (broad SMARTS) is 1. The van der Waals surface area contributed by atoms with Gasteiger partial charge in [0, 0.05) is 31.4 Å². The molecule has 146 valence electrons. The van der Waals surface area contributed by atoms with Gasteiger partial charge in [-0.05, 0) is 24.5 Å². The fourth-order valence-electron chi connectivity index (χ4n) is 3.40. The van der Waals surface area contributed by atoms with E-state index < -0.39 is 30.1 Å². The number of benzene rings is 1. The molecule has 2 N–H and O–H groups in total. The molecule has 0 spiro atoms. The van der Waals surface area contributed by atoms with Crippen molar-refractivity contribution in [1.82, 2.24) is 5.32 Å². The van der Waals surface area contributed by atoms with Crippen molar-refractivity contribution in [2.45, 2.75) is 50.2 Å². The molecule has 0 unspecified atom stereocenters. The van der Waals surface area contributed by atoms with Crippen LogP contribution in [0.4, 0.5) is 5.69 Å². The molecule has 0 bridgehead atoms. The Kier molecular flexibility index (Phi) is 5.73. The molecule has 1 atom stereocenters. The van der Waals surface area contributed by atoms with Gasteiger partial charge in [-0.15, -0.1) is 12.3 Å². The number of carbonyl (C=O) groups is 3. The smallest absolute Gasteiger partial charge is 0.323 e. The molecule has 0 saturated heterocycles. The Labute approximate surface area is 163 Å². The average Bonchev–Trinajstić information content (AvgIpc) is 3.47. The Hall–Kier alpha value is -3.21. The van der Waals surface area contributed by atoms with Crippen LogP contribution in [0.15, 0.2) is 34.5 Å². The molecule has 2 amide bonds. The van der Waals surface area contributed by atoms with E-state index in [0.29, 0.717) is 37.8 Å². The number of amides is 2. The van der Waals surface area contributed by atoms with Gasteiger partial charge in [0.1, 0.15) is 12.6 Å². The fourth-order valence-corrected chi connectivity index (χ4v) is 3.40. The number of nitrogens with zero attached hydrogens (tertiary/aromatic N) is 3. The first-order valence-electron chi connectivity index (χ1n) is 9.22. The summed E-state index contributed by atoms with van der Waals surface area (Å²) >= 11 is 0. The lowest BCUT2D eigenvalue weighted by atomic mass is 10.0. The van der Waals surface area contributed by atoms with Gasteiger partial charge in [-0.2, -0.15) is 10.2 Å². The molecule has 8 heteroatoms. The zero-order valence-corrected chi connectivity index (χ0v) is 15.4. The number of hydrogen-bond acceptors (Lipinski definition) is 5. The van der Waals surface area contributed by atoms with Crippen molar-refractivity contribution in [2.24, 2.45) is 10.2 Å². The Morgan fingerprint density at radius 2 is 2.07 bits per heavy atom. The van der Waals surface area contributed by atoms with Gasteiger partial charge in [0.25, 0.3) is 0 Å².